The molecule has 2 atom stereocenters. The van der Waals surface area contributed by atoms with Gasteiger partial charge < -0.3 is 15.5 Å². The van der Waals surface area contributed by atoms with Crippen LogP contribution in [0.5, 0.6) is 0 Å². The second-order valence-electron chi connectivity index (χ2n) is 7.64. The van der Waals surface area contributed by atoms with Gasteiger partial charge in [0, 0.05) is 63.5 Å². The molecule has 1 aromatic carbocycles. The number of benzene rings is 1. The molecule has 0 spiro atoms. The number of amides is 1. The Labute approximate surface area is 151 Å². The van der Waals surface area contributed by atoms with Crippen molar-refractivity contribution >= 4 is 11.6 Å². The second kappa shape index (κ2) is 8.19. The Kier molecular flexibility index (Phi) is 5.97. The van der Waals surface area contributed by atoms with E-state index in [-0.39, 0.29) is 12.1 Å². The van der Waals surface area contributed by atoms with Gasteiger partial charge in [-0.2, -0.15) is 0 Å². The molecule has 2 N–H and O–H groups in total. The van der Waals surface area contributed by atoms with Crippen molar-refractivity contribution in [1.29, 1.82) is 0 Å². The van der Waals surface area contributed by atoms with E-state index in [2.05, 4.69) is 47.9 Å². The minimum absolute atomic E-state index is 0.258. The van der Waals surface area contributed by atoms with Crippen LogP contribution in [0.1, 0.15) is 31.7 Å². The van der Waals surface area contributed by atoms with Crippen LogP contribution in [-0.4, -0.2) is 67.1 Å². The van der Waals surface area contributed by atoms with Gasteiger partial charge in [-0.25, -0.2) is 0 Å². The van der Waals surface area contributed by atoms with E-state index in [4.69, 9.17) is 5.73 Å². The van der Waals surface area contributed by atoms with Crippen LogP contribution in [-0.2, 0) is 4.79 Å². The average Bonchev–Trinajstić information content (AvgIpc) is 2.60. The number of nitrogens with two attached hydrogens (primary N) is 1. The van der Waals surface area contributed by atoms with Crippen molar-refractivity contribution in [3.63, 3.8) is 0 Å². The van der Waals surface area contributed by atoms with Gasteiger partial charge in [0.15, 0.2) is 0 Å². The number of hydrogen-bond acceptors (Lipinski definition) is 4. The summed E-state index contributed by atoms with van der Waals surface area (Å²) >= 11 is 0. The monoisotopic (exact) mass is 344 g/mol. The number of piperazine rings is 1. The van der Waals surface area contributed by atoms with E-state index >= 15 is 0 Å². The third-order valence-corrected chi connectivity index (χ3v) is 5.62. The number of carbonyl (C=O) groups excluding carboxylic acids is 1. The van der Waals surface area contributed by atoms with Gasteiger partial charge in [0.25, 0.3) is 0 Å². The number of carbonyl (C=O) groups is 1. The first-order valence-corrected chi connectivity index (χ1v) is 9.62. The highest BCUT2D eigenvalue weighted by molar-refractivity contribution is 5.76. The second-order valence-corrected chi connectivity index (χ2v) is 7.64. The molecule has 2 saturated heterocycles. The molecule has 3 rings (SSSR count). The molecule has 2 aliphatic heterocycles. The molecule has 1 amide bonds. The van der Waals surface area contributed by atoms with Crippen molar-refractivity contribution < 1.29 is 4.79 Å². The third-order valence-electron chi connectivity index (χ3n) is 5.62. The summed E-state index contributed by atoms with van der Waals surface area (Å²) in [7, 11) is 0. The van der Waals surface area contributed by atoms with Crippen molar-refractivity contribution in [2.45, 2.75) is 45.2 Å². The van der Waals surface area contributed by atoms with E-state index in [1.54, 1.807) is 0 Å². The fraction of sp³-hybridized carbons (Fsp3) is 0.650. The lowest BCUT2D eigenvalue weighted by Gasteiger charge is -2.38. The van der Waals surface area contributed by atoms with Crippen molar-refractivity contribution in [3.05, 3.63) is 29.8 Å². The fourth-order valence-corrected chi connectivity index (χ4v) is 4.03. The Morgan fingerprint density at radius 2 is 1.96 bits per heavy atom. The molecule has 2 aliphatic rings. The van der Waals surface area contributed by atoms with Crippen LogP contribution in [0.15, 0.2) is 24.3 Å². The largest absolute Gasteiger partial charge is 0.369 e. The van der Waals surface area contributed by atoms with Gasteiger partial charge >= 0.3 is 0 Å². The number of rotatable bonds is 4. The summed E-state index contributed by atoms with van der Waals surface area (Å²) in [6.07, 6.45) is 2.50. The fourth-order valence-electron chi connectivity index (χ4n) is 4.03. The SMILES string of the molecule is Cc1cccc(N2CCN(CCC(=O)N3CC[C@H](N)C[C@@H]3C)CC2)c1. The molecule has 0 radical (unpaired) electrons. The average molecular weight is 345 g/mol. The van der Waals surface area contributed by atoms with Gasteiger partial charge in [-0.1, -0.05) is 12.1 Å². The summed E-state index contributed by atoms with van der Waals surface area (Å²) in [5.41, 5.74) is 8.62. The van der Waals surface area contributed by atoms with Gasteiger partial charge in [0.1, 0.15) is 0 Å². The summed E-state index contributed by atoms with van der Waals surface area (Å²) < 4.78 is 0. The van der Waals surface area contributed by atoms with Crippen LogP contribution < -0.4 is 10.6 Å². The smallest absolute Gasteiger partial charge is 0.224 e. The molecule has 0 bridgehead atoms. The van der Waals surface area contributed by atoms with Gasteiger partial charge in [-0.05, 0) is 44.4 Å². The summed E-state index contributed by atoms with van der Waals surface area (Å²) in [6.45, 7) is 10.1. The highest BCUT2D eigenvalue weighted by Gasteiger charge is 2.27. The molecule has 25 heavy (non-hydrogen) atoms. The standard InChI is InChI=1S/C20H32N4O/c1-16-4-3-5-19(14-16)23-12-10-22(11-13-23)8-7-20(25)24-9-6-18(21)15-17(24)2/h3-5,14,17-18H,6-13,15,21H2,1-2H3/t17-,18-/m0/s1. The van der Waals surface area contributed by atoms with Crippen LogP contribution in [0.25, 0.3) is 0 Å². The van der Waals surface area contributed by atoms with E-state index in [1.165, 1.54) is 11.3 Å². The van der Waals surface area contributed by atoms with Crippen molar-refractivity contribution in [3.8, 4) is 0 Å². The summed E-state index contributed by atoms with van der Waals surface area (Å²) in [5, 5.41) is 0. The molecule has 2 fully saturated rings. The zero-order valence-electron chi connectivity index (χ0n) is 15.7. The van der Waals surface area contributed by atoms with Crippen LogP contribution in [0.2, 0.25) is 0 Å². The van der Waals surface area contributed by atoms with Gasteiger partial charge in [-0.15, -0.1) is 0 Å². The molecular formula is C20H32N4O. The third kappa shape index (κ3) is 4.73. The maximum atomic E-state index is 12.5. The summed E-state index contributed by atoms with van der Waals surface area (Å²) in [4.78, 5) is 19.4. The molecule has 138 valence electrons. The first-order chi connectivity index (χ1) is 12.0. The molecule has 5 heteroatoms. The lowest BCUT2D eigenvalue weighted by atomic mass is 9.99. The van der Waals surface area contributed by atoms with Gasteiger partial charge in [-0.3, -0.25) is 9.69 Å². The molecule has 0 unspecified atom stereocenters. The predicted molar refractivity (Wildman–Crippen MR) is 103 cm³/mol. The first kappa shape index (κ1) is 18.2. The van der Waals surface area contributed by atoms with Crippen LogP contribution >= 0.6 is 0 Å². The Morgan fingerprint density at radius 1 is 1.20 bits per heavy atom. The van der Waals surface area contributed by atoms with E-state index in [0.29, 0.717) is 12.3 Å². The number of piperidine rings is 1. The number of likely N-dealkylation sites (tertiary alicyclic amines) is 1. The first-order valence-electron chi connectivity index (χ1n) is 9.62. The minimum Gasteiger partial charge on any atom is -0.369 e. The molecular weight excluding hydrogens is 312 g/mol. The zero-order valence-corrected chi connectivity index (χ0v) is 15.7. The van der Waals surface area contributed by atoms with Crippen molar-refractivity contribution in [1.82, 2.24) is 9.80 Å². The lowest BCUT2D eigenvalue weighted by Crippen LogP contribution is -2.50. The zero-order chi connectivity index (χ0) is 17.8. The highest BCUT2D eigenvalue weighted by Crippen LogP contribution is 2.19. The topological polar surface area (TPSA) is 52.8 Å². The van der Waals surface area contributed by atoms with E-state index in [1.807, 2.05) is 4.90 Å². The number of nitrogens with zero attached hydrogens (tertiary/aromatic N) is 3. The highest BCUT2D eigenvalue weighted by atomic mass is 16.2. The molecule has 0 aromatic heterocycles. The predicted octanol–water partition coefficient (Wildman–Crippen LogP) is 1.85. The van der Waals surface area contributed by atoms with Crippen molar-refractivity contribution in [2.24, 2.45) is 5.73 Å². The van der Waals surface area contributed by atoms with Crippen LogP contribution in [0, 0.1) is 6.92 Å². The van der Waals surface area contributed by atoms with Gasteiger partial charge in [0.2, 0.25) is 5.91 Å². The molecule has 5 nitrogen and oxygen atoms in total. The van der Waals surface area contributed by atoms with Crippen LogP contribution in [0.4, 0.5) is 5.69 Å². The van der Waals surface area contributed by atoms with Crippen LogP contribution in [0.3, 0.4) is 0 Å². The number of hydrogen-bond donors (Lipinski definition) is 1. The summed E-state index contributed by atoms with van der Waals surface area (Å²) in [5.74, 6) is 0.292. The Hall–Kier alpha value is -1.59. The maximum absolute atomic E-state index is 12.5. The Bertz CT molecular complexity index is 583. The molecule has 2 heterocycles. The quantitative estimate of drug-likeness (QED) is 0.906. The van der Waals surface area contributed by atoms with Gasteiger partial charge in [0.05, 0.1) is 0 Å². The molecule has 0 saturated carbocycles. The molecule has 1 aromatic rings. The lowest BCUT2D eigenvalue weighted by molar-refractivity contribution is -0.135. The van der Waals surface area contributed by atoms with E-state index in [9.17, 15) is 4.79 Å². The number of aryl methyl sites for hydroxylation is 1. The normalized spacial score (nSPS) is 25.2. The van der Waals surface area contributed by atoms with E-state index in [0.717, 1.165) is 52.1 Å². The maximum Gasteiger partial charge on any atom is 0.224 e. The molecule has 0 aliphatic carbocycles. The number of anilines is 1. The van der Waals surface area contributed by atoms with Crippen molar-refractivity contribution in [2.75, 3.05) is 44.2 Å². The Morgan fingerprint density at radius 3 is 2.64 bits per heavy atom. The minimum atomic E-state index is 0.258. The Balaban J connectivity index is 1.42. The van der Waals surface area contributed by atoms with E-state index < -0.39 is 0 Å². The summed E-state index contributed by atoms with van der Waals surface area (Å²) in [6, 6.07) is 9.25.